The van der Waals surface area contributed by atoms with Gasteiger partial charge in [0.15, 0.2) is 0 Å². The van der Waals surface area contributed by atoms with Crippen LogP contribution in [0.5, 0.6) is 0 Å². The Morgan fingerprint density at radius 1 is 1.53 bits per heavy atom. The van der Waals surface area contributed by atoms with Gasteiger partial charge in [0, 0.05) is 37.8 Å². The van der Waals surface area contributed by atoms with Crippen LogP contribution in [0, 0.1) is 0 Å². The van der Waals surface area contributed by atoms with E-state index < -0.39 is 0 Å². The van der Waals surface area contributed by atoms with Crippen molar-refractivity contribution in [2.75, 3.05) is 19.6 Å². The zero-order valence-corrected chi connectivity index (χ0v) is 10.1. The topological polar surface area (TPSA) is 58.4 Å². The Hall–Kier alpha value is -1.39. The van der Waals surface area contributed by atoms with Crippen molar-refractivity contribution in [2.24, 2.45) is 5.73 Å². The monoisotopic (exact) mass is 233 g/mol. The van der Waals surface area contributed by atoms with Gasteiger partial charge in [0.05, 0.1) is 0 Å². The predicted molar refractivity (Wildman–Crippen MR) is 67.7 cm³/mol. The average Bonchev–Trinajstić information content (AvgIpc) is 2.32. The fraction of sp³-hybridized carbons (Fsp3) is 0.462. The van der Waals surface area contributed by atoms with Crippen LogP contribution in [0.2, 0.25) is 0 Å². The molecule has 1 atom stereocenters. The van der Waals surface area contributed by atoms with Crippen molar-refractivity contribution in [3.63, 3.8) is 0 Å². The molecule has 1 amide bonds. The third-order valence-electron chi connectivity index (χ3n) is 3.30. The van der Waals surface area contributed by atoms with Crippen LogP contribution in [0.15, 0.2) is 24.3 Å². The van der Waals surface area contributed by atoms with E-state index in [-0.39, 0.29) is 5.91 Å². The van der Waals surface area contributed by atoms with Crippen molar-refractivity contribution in [2.45, 2.75) is 19.5 Å². The van der Waals surface area contributed by atoms with Gasteiger partial charge in [0.25, 0.3) is 0 Å². The maximum absolute atomic E-state index is 11.3. The Morgan fingerprint density at radius 2 is 2.29 bits per heavy atom. The summed E-state index contributed by atoms with van der Waals surface area (Å²) in [6, 6.07) is 8.07. The largest absolute Gasteiger partial charge is 0.366 e. The molecule has 0 bridgehead atoms. The molecule has 1 fully saturated rings. The van der Waals surface area contributed by atoms with Crippen molar-refractivity contribution in [1.82, 2.24) is 10.2 Å². The fourth-order valence-corrected chi connectivity index (χ4v) is 2.24. The van der Waals surface area contributed by atoms with E-state index in [0.717, 1.165) is 31.7 Å². The van der Waals surface area contributed by atoms with E-state index in [9.17, 15) is 4.79 Å². The first-order valence-electron chi connectivity index (χ1n) is 6.01. The maximum Gasteiger partial charge on any atom is 0.249 e. The van der Waals surface area contributed by atoms with E-state index in [4.69, 9.17) is 5.73 Å². The van der Waals surface area contributed by atoms with Crippen LogP contribution in [-0.4, -0.2) is 36.5 Å². The zero-order valence-electron chi connectivity index (χ0n) is 10.1. The van der Waals surface area contributed by atoms with Gasteiger partial charge < -0.3 is 11.1 Å². The molecule has 92 valence electrons. The third kappa shape index (κ3) is 2.84. The number of nitrogens with one attached hydrogen (secondary N) is 1. The van der Waals surface area contributed by atoms with Crippen molar-refractivity contribution < 1.29 is 4.79 Å². The van der Waals surface area contributed by atoms with Crippen LogP contribution < -0.4 is 11.1 Å². The third-order valence-corrected chi connectivity index (χ3v) is 3.30. The molecule has 1 aliphatic heterocycles. The van der Waals surface area contributed by atoms with Crippen molar-refractivity contribution in [1.29, 1.82) is 0 Å². The molecule has 0 spiro atoms. The molecule has 4 nitrogen and oxygen atoms in total. The van der Waals surface area contributed by atoms with Gasteiger partial charge in [-0.15, -0.1) is 0 Å². The van der Waals surface area contributed by atoms with Crippen LogP contribution in [-0.2, 0) is 6.54 Å². The number of rotatable bonds is 3. The van der Waals surface area contributed by atoms with Crippen LogP contribution in [0.3, 0.4) is 0 Å². The van der Waals surface area contributed by atoms with Crippen molar-refractivity contribution in [3.8, 4) is 0 Å². The molecule has 17 heavy (non-hydrogen) atoms. The average molecular weight is 233 g/mol. The highest BCUT2D eigenvalue weighted by molar-refractivity contribution is 5.94. The Kier molecular flexibility index (Phi) is 3.76. The standard InChI is InChI=1S/C13H19N3O/c1-10-8-15-6-7-16(10)9-11-4-2-3-5-12(11)13(14)17/h2-5,10,15H,6-9H2,1H3,(H2,14,17)/t10-/m1/s1. The van der Waals surface area contributed by atoms with Gasteiger partial charge in [-0.1, -0.05) is 18.2 Å². The lowest BCUT2D eigenvalue weighted by Gasteiger charge is -2.34. The summed E-state index contributed by atoms with van der Waals surface area (Å²) >= 11 is 0. The molecule has 1 aromatic rings. The van der Waals surface area contributed by atoms with Crippen LogP contribution in [0.4, 0.5) is 0 Å². The van der Waals surface area contributed by atoms with Crippen molar-refractivity contribution in [3.05, 3.63) is 35.4 Å². The molecule has 0 aliphatic carbocycles. The molecular weight excluding hydrogens is 214 g/mol. The SMILES string of the molecule is C[C@@H]1CNCCN1Cc1ccccc1C(N)=O. The highest BCUT2D eigenvalue weighted by atomic mass is 16.1. The molecule has 4 heteroatoms. The van der Waals surface area contributed by atoms with E-state index >= 15 is 0 Å². The lowest BCUT2D eigenvalue weighted by atomic mass is 10.1. The van der Waals surface area contributed by atoms with Gasteiger partial charge in [-0.3, -0.25) is 9.69 Å². The number of primary amides is 1. The predicted octanol–water partition coefficient (Wildman–Crippen LogP) is 0.579. The summed E-state index contributed by atoms with van der Waals surface area (Å²) in [6.07, 6.45) is 0. The molecule has 0 radical (unpaired) electrons. The number of benzene rings is 1. The molecule has 1 heterocycles. The first kappa shape index (κ1) is 12.1. The number of nitrogens with two attached hydrogens (primary N) is 1. The first-order valence-corrected chi connectivity index (χ1v) is 6.01. The number of carbonyl (C=O) groups is 1. The van der Waals surface area contributed by atoms with E-state index in [2.05, 4.69) is 17.1 Å². The first-order chi connectivity index (χ1) is 8.18. The minimum absolute atomic E-state index is 0.344. The van der Waals surface area contributed by atoms with E-state index in [1.165, 1.54) is 0 Å². The minimum atomic E-state index is -0.344. The summed E-state index contributed by atoms with van der Waals surface area (Å²) in [6.45, 7) is 6.00. The highest BCUT2D eigenvalue weighted by Crippen LogP contribution is 2.14. The molecule has 1 aliphatic rings. The van der Waals surface area contributed by atoms with Crippen LogP contribution in [0.25, 0.3) is 0 Å². The second kappa shape index (κ2) is 5.29. The molecule has 1 aromatic carbocycles. The van der Waals surface area contributed by atoms with Crippen LogP contribution in [0.1, 0.15) is 22.8 Å². The summed E-state index contributed by atoms with van der Waals surface area (Å²) in [4.78, 5) is 13.7. The lowest BCUT2D eigenvalue weighted by Crippen LogP contribution is -2.49. The quantitative estimate of drug-likeness (QED) is 0.803. The zero-order chi connectivity index (χ0) is 12.3. The number of nitrogens with zero attached hydrogens (tertiary/aromatic N) is 1. The summed E-state index contributed by atoms with van der Waals surface area (Å²) < 4.78 is 0. The number of hydrogen-bond acceptors (Lipinski definition) is 3. The van der Waals surface area contributed by atoms with Gasteiger partial charge >= 0.3 is 0 Å². The Balaban J connectivity index is 2.14. The number of hydrogen-bond donors (Lipinski definition) is 2. The fourth-order valence-electron chi connectivity index (χ4n) is 2.24. The minimum Gasteiger partial charge on any atom is -0.366 e. The summed E-state index contributed by atoms with van der Waals surface area (Å²) in [5.74, 6) is -0.344. The van der Waals surface area contributed by atoms with Gasteiger partial charge in [-0.2, -0.15) is 0 Å². The van der Waals surface area contributed by atoms with E-state index in [1.54, 1.807) is 6.07 Å². The van der Waals surface area contributed by atoms with Crippen LogP contribution >= 0.6 is 0 Å². The second-order valence-electron chi connectivity index (χ2n) is 4.55. The molecule has 2 rings (SSSR count). The smallest absolute Gasteiger partial charge is 0.249 e. The molecule has 3 N–H and O–H groups in total. The summed E-state index contributed by atoms with van der Waals surface area (Å²) in [7, 11) is 0. The summed E-state index contributed by atoms with van der Waals surface area (Å²) in [5, 5.41) is 3.35. The van der Waals surface area contributed by atoms with Gasteiger partial charge in [-0.05, 0) is 18.6 Å². The normalized spacial score (nSPS) is 21.4. The Bertz CT molecular complexity index is 405. The van der Waals surface area contributed by atoms with Gasteiger partial charge in [-0.25, -0.2) is 0 Å². The molecule has 0 unspecified atom stereocenters. The van der Waals surface area contributed by atoms with Gasteiger partial charge in [0.1, 0.15) is 0 Å². The van der Waals surface area contributed by atoms with E-state index in [1.807, 2.05) is 18.2 Å². The number of piperazine rings is 1. The molecule has 1 saturated heterocycles. The Labute approximate surface area is 102 Å². The lowest BCUT2D eigenvalue weighted by molar-refractivity contribution is 0.0996. The van der Waals surface area contributed by atoms with Gasteiger partial charge in [0.2, 0.25) is 5.91 Å². The molecule has 0 saturated carbocycles. The number of carbonyl (C=O) groups excluding carboxylic acids is 1. The summed E-state index contributed by atoms with van der Waals surface area (Å²) in [5.41, 5.74) is 7.04. The van der Waals surface area contributed by atoms with E-state index in [0.29, 0.717) is 11.6 Å². The highest BCUT2D eigenvalue weighted by Gasteiger charge is 2.19. The molecular formula is C13H19N3O. The Morgan fingerprint density at radius 3 is 3.00 bits per heavy atom. The maximum atomic E-state index is 11.3. The van der Waals surface area contributed by atoms with Crippen molar-refractivity contribution >= 4 is 5.91 Å². The second-order valence-corrected chi connectivity index (χ2v) is 4.55. The number of amides is 1. The molecule has 0 aromatic heterocycles.